The smallest absolute Gasteiger partial charge is 0.221 e. The Balaban J connectivity index is 0.00000289. The van der Waals surface area contributed by atoms with Crippen molar-refractivity contribution in [1.82, 2.24) is 10.6 Å². The van der Waals surface area contributed by atoms with Crippen molar-refractivity contribution in [2.45, 2.75) is 12.5 Å². The lowest BCUT2D eigenvalue weighted by atomic mass is 10.1. The summed E-state index contributed by atoms with van der Waals surface area (Å²) in [7, 11) is 1.76. The highest BCUT2D eigenvalue weighted by molar-refractivity contribution is 5.85. The fraction of sp³-hybridized carbons (Fsp3) is 0.417. The summed E-state index contributed by atoms with van der Waals surface area (Å²) in [6.45, 7) is 0.729. The third-order valence-electron chi connectivity index (χ3n) is 2.35. The third kappa shape index (κ3) is 5.95. The van der Waals surface area contributed by atoms with Crippen molar-refractivity contribution in [3.63, 3.8) is 0 Å². The van der Waals surface area contributed by atoms with E-state index in [1.54, 1.807) is 7.05 Å². The monoisotopic (exact) mass is 276 g/mol. The Hall–Kier alpha value is -1.17. The van der Waals surface area contributed by atoms with Gasteiger partial charge in [0.2, 0.25) is 5.91 Å². The van der Waals surface area contributed by atoms with Gasteiger partial charge in [-0.05, 0) is 24.7 Å². The summed E-state index contributed by atoms with van der Waals surface area (Å²) < 4.78 is 12.6. The van der Waals surface area contributed by atoms with Crippen LogP contribution in [-0.4, -0.2) is 31.2 Å². The van der Waals surface area contributed by atoms with Gasteiger partial charge in [0.05, 0.1) is 6.10 Å². The van der Waals surface area contributed by atoms with Crippen molar-refractivity contribution in [3.8, 4) is 0 Å². The fourth-order valence-electron chi connectivity index (χ4n) is 1.34. The third-order valence-corrected chi connectivity index (χ3v) is 2.35. The SMILES string of the molecule is CNCCC(=O)NCC(O)c1ccc(F)cc1.Cl. The molecule has 1 aromatic rings. The van der Waals surface area contributed by atoms with E-state index in [2.05, 4.69) is 10.6 Å². The van der Waals surface area contributed by atoms with Crippen molar-refractivity contribution < 1.29 is 14.3 Å². The van der Waals surface area contributed by atoms with Crippen molar-refractivity contribution in [3.05, 3.63) is 35.6 Å². The number of aliphatic hydroxyl groups is 1. The number of aliphatic hydroxyl groups excluding tert-OH is 1. The summed E-state index contributed by atoms with van der Waals surface area (Å²) >= 11 is 0. The first-order valence-corrected chi connectivity index (χ1v) is 5.48. The largest absolute Gasteiger partial charge is 0.387 e. The average molecular weight is 277 g/mol. The van der Waals surface area contributed by atoms with Gasteiger partial charge in [-0.25, -0.2) is 4.39 Å². The van der Waals surface area contributed by atoms with Crippen LogP contribution in [0.3, 0.4) is 0 Å². The van der Waals surface area contributed by atoms with Gasteiger partial charge < -0.3 is 15.7 Å². The zero-order valence-electron chi connectivity index (χ0n) is 10.1. The normalized spacial score (nSPS) is 11.5. The topological polar surface area (TPSA) is 61.4 Å². The van der Waals surface area contributed by atoms with E-state index in [1.165, 1.54) is 24.3 Å². The van der Waals surface area contributed by atoms with E-state index >= 15 is 0 Å². The number of amides is 1. The Kier molecular flexibility index (Phi) is 8.28. The molecule has 4 nitrogen and oxygen atoms in total. The van der Waals surface area contributed by atoms with Crippen LogP contribution in [0.4, 0.5) is 4.39 Å². The van der Waals surface area contributed by atoms with Gasteiger partial charge >= 0.3 is 0 Å². The molecule has 1 rings (SSSR count). The van der Waals surface area contributed by atoms with Crippen LogP contribution in [0.5, 0.6) is 0 Å². The Labute approximate surface area is 112 Å². The van der Waals surface area contributed by atoms with E-state index in [1.807, 2.05) is 0 Å². The molecule has 1 atom stereocenters. The van der Waals surface area contributed by atoms with E-state index < -0.39 is 6.10 Å². The highest BCUT2D eigenvalue weighted by atomic mass is 35.5. The minimum atomic E-state index is -0.811. The maximum Gasteiger partial charge on any atom is 0.221 e. The molecule has 1 amide bonds. The molecule has 3 N–H and O–H groups in total. The van der Waals surface area contributed by atoms with E-state index in [-0.39, 0.29) is 30.7 Å². The van der Waals surface area contributed by atoms with Gasteiger partial charge in [-0.2, -0.15) is 0 Å². The quantitative estimate of drug-likeness (QED) is 0.727. The maximum atomic E-state index is 12.6. The van der Waals surface area contributed by atoms with Gasteiger partial charge in [-0.15, -0.1) is 12.4 Å². The Morgan fingerprint density at radius 2 is 2.00 bits per heavy atom. The molecule has 0 spiro atoms. The molecule has 1 unspecified atom stereocenters. The molecular formula is C12H18ClFN2O2. The van der Waals surface area contributed by atoms with Gasteiger partial charge in [-0.3, -0.25) is 4.79 Å². The molecule has 1 aromatic carbocycles. The first-order chi connectivity index (χ1) is 8.13. The fourth-order valence-corrected chi connectivity index (χ4v) is 1.34. The molecule has 102 valence electrons. The molecule has 18 heavy (non-hydrogen) atoms. The molecule has 0 aliphatic heterocycles. The Bertz CT molecular complexity index is 360. The van der Waals surface area contributed by atoms with Crippen LogP contribution < -0.4 is 10.6 Å². The standard InChI is InChI=1S/C12H17FN2O2.ClH/c1-14-7-6-12(17)15-8-11(16)9-2-4-10(13)5-3-9;/h2-5,11,14,16H,6-8H2,1H3,(H,15,17);1H. The molecule has 0 heterocycles. The molecule has 0 aromatic heterocycles. The molecule has 0 radical (unpaired) electrons. The van der Waals surface area contributed by atoms with E-state index in [4.69, 9.17) is 0 Å². The van der Waals surface area contributed by atoms with Crippen LogP contribution in [0, 0.1) is 5.82 Å². The number of hydrogen-bond acceptors (Lipinski definition) is 3. The van der Waals surface area contributed by atoms with Gasteiger partial charge in [-0.1, -0.05) is 12.1 Å². The van der Waals surface area contributed by atoms with Crippen molar-refractivity contribution in [1.29, 1.82) is 0 Å². The second kappa shape index (κ2) is 8.85. The highest BCUT2D eigenvalue weighted by Crippen LogP contribution is 2.12. The second-order valence-electron chi connectivity index (χ2n) is 3.72. The number of carbonyl (C=O) groups is 1. The van der Waals surface area contributed by atoms with Crippen molar-refractivity contribution in [2.24, 2.45) is 0 Å². The summed E-state index contributed by atoms with van der Waals surface area (Å²) in [5.41, 5.74) is 0.584. The number of nitrogens with one attached hydrogen (secondary N) is 2. The van der Waals surface area contributed by atoms with Crippen LogP contribution in [0.15, 0.2) is 24.3 Å². The van der Waals surface area contributed by atoms with Gasteiger partial charge in [0.1, 0.15) is 5.82 Å². The molecule has 0 aliphatic rings. The van der Waals surface area contributed by atoms with Crippen LogP contribution in [0.2, 0.25) is 0 Å². The average Bonchev–Trinajstić information content (AvgIpc) is 2.34. The summed E-state index contributed by atoms with van der Waals surface area (Å²) in [4.78, 5) is 11.3. The Morgan fingerprint density at radius 3 is 2.56 bits per heavy atom. The summed E-state index contributed by atoms with van der Waals surface area (Å²) in [5.74, 6) is -0.473. The number of hydrogen-bond donors (Lipinski definition) is 3. The minimum Gasteiger partial charge on any atom is -0.387 e. The first kappa shape index (κ1) is 16.8. The number of halogens is 2. The van der Waals surface area contributed by atoms with E-state index in [0.717, 1.165) is 0 Å². The number of carbonyl (C=O) groups excluding carboxylic acids is 1. The van der Waals surface area contributed by atoms with Gasteiger partial charge in [0.15, 0.2) is 0 Å². The van der Waals surface area contributed by atoms with Crippen LogP contribution >= 0.6 is 12.4 Å². The molecule has 0 bridgehead atoms. The summed E-state index contributed by atoms with van der Waals surface area (Å²) in [6.07, 6.45) is -0.443. The van der Waals surface area contributed by atoms with Gasteiger partial charge in [0, 0.05) is 19.5 Å². The summed E-state index contributed by atoms with van der Waals surface area (Å²) in [6, 6.07) is 5.56. The molecule has 0 saturated heterocycles. The van der Waals surface area contributed by atoms with Crippen molar-refractivity contribution in [2.75, 3.05) is 20.1 Å². The lowest BCUT2D eigenvalue weighted by Gasteiger charge is -2.12. The molecule has 0 saturated carbocycles. The number of rotatable bonds is 6. The van der Waals surface area contributed by atoms with E-state index in [9.17, 15) is 14.3 Å². The lowest BCUT2D eigenvalue weighted by Crippen LogP contribution is -2.30. The minimum absolute atomic E-state index is 0. The molecule has 0 aliphatic carbocycles. The predicted octanol–water partition coefficient (Wildman–Crippen LogP) is 1.01. The molecule has 0 fully saturated rings. The Morgan fingerprint density at radius 1 is 1.39 bits per heavy atom. The lowest BCUT2D eigenvalue weighted by molar-refractivity contribution is -0.121. The highest BCUT2D eigenvalue weighted by Gasteiger charge is 2.09. The molecular weight excluding hydrogens is 259 g/mol. The van der Waals surface area contributed by atoms with E-state index in [0.29, 0.717) is 18.5 Å². The maximum absolute atomic E-state index is 12.6. The van der Waals surface area contributed by atoms with Crippen molar-refractivity contribution >= 4 is 18.3 Å². The van der Waals surface area contributed by atoms with Crippen LogP contribution in [0.1, 0.15) is 18.1 Å². The first-order valence-electron chi connectivity index (χ1n) is 5.48. The number of benzene rings is 1. The van der Waals surface area contributed by atoms with Crippen LogP contribution in [0.25, 0.3) is 0 Å². The second-order valence-corrected chi connectivity index (χ2v) is 3.72. The zero-order chi connectivity index (χ0) is 12.7. The summed E-state index contributed by atoms with van der Waals surface area (Å²) in [5, 5.41) is 15.2. The van der Waals surface area contributed by atoms with Crippen LogP contribution in [-0.2, 0) is 4.79 Å². The predicted molar refractivity (Wildman–Crippen MR) is 70.2 cm³/mol. The molecule has 6 heteroatoms. The van der Waals surface area contributed by atoms with Gasteiger partial charge in [0.25, 0.3) is 0 Å². The zero-order valence-corrected chi connectivity index (χ0v) is 11.0.